The lowest BCUT2D eigenvalue weighted by Gasteiger charge is -1.96. The second-order valence-corrected chi connectivity index (χ2v) is 2.10. The Morgan fingerprint density at radius 1 is 1.36 bits per heavy atom. The Morgan fingerprint density at radius 3 is 2.73 bits per heavy atom. The first-order valence-corrected chi connectivity index (χ1v) is 3.36. The fraction of sp³-hybridized carbons (Fsp3) is 0.111. The number of hydrogen-bond donors (Lipinski definition) is 0. The maximum absolute atomic E-state index is 3.90. The SMILES string of the molecule is C=Nc1ccccc1C=NC. The Hall–Kier alpha value is -1.44. The van der Waals surface area contributed by atoms with Crippen molar-refractivity contribution in [3.63, 3.8) is 0 Å². The fourth-order valence-corrected chi connectivity index (χ4v) is 0.880. The minimum Gasteiger partial charge on any atom is -0.296 e. The average Bonchev–Trinajstić information content (AvgIpc) is 2.06. The highest BCUT2D eigenvalue weighted by molar-refractivity contribution is 5.86. The van der Waals surface area contributed by atoms with Gasteiger partial charge in [-0.1, -0.05) is 18.2 Å². The number of para-hydroxylation sites is 1. The molecule has 0 saturated heterocycles. The van der Waals surface area contributed by atoms with Crippen molar-refractivity contribution >= 4 is 18.6 Å². The van der Waals surface area contributed by atoms with Gasteiger partial charge >= 0.3 is 0 Å². The van der Waals surface area contributed by atoms with E-state index in [-0.39, 0.29) is 0 Å². The molecule has 1 aromatic rings. The summed E-state index contributed by atoms with van der Waals surface area (Å²) in [7, 11) is 1.74. The summed E-state index contributed by atoms with van der Waals surface area (Å²) >= 11 is 0. The second-order valence-electron chi connectivity index (χ2n) is 2.10. The van der Waals surface area contributed by atoms with Crippen LogP contribution in [-0.2, 0) is 0 Å². The van der Waals surface area contributed by atoms with Crippen LogP contribution in [0, 0.1) is 0 Å². The maximum Gasteiger partial charge on any atom is 0.0710 e. The fourth-order valence-electron chi connectivity index (χ4n) is 0.880. The molecule has 0 unspecified atom stereocenters. The molecule has 0 saturated carbocycles. The molecule has 2 heteroatoms. The third-order valence-electron chi connectivity index (χ3n) is 1.38. The molecule has 0 spiro atoms. The standard InChI is InChI=1S/C9H10N2/c1-10-7-8-5-3-4-6-9(8)11-2/h3-7H,2H2,1H3. The van der Waals surface area contributed by atoms with Crippen molar-refractivity contribution in [1.82, 2.24) is 0 Å². The summed E-state index contributed by atoms with van der Waals surface area (Å²) in [6, 6.07) is 7.74. The van der Waals surface area contributed by atoms with Gasteiger partial charge in [-0.3, -0.25) is 9.98 Å². The number of hydrogen-bond acceptors (Lipinski definition) is 2. The molecule has 0 aliphatic carbocycles. The normalized spacial score (nSPS) is 10.3. The smallest absolute Gasteiger partial charge is 0.0710 e. The van der Waals surface area contributed by atoms with E-state index in [1.807, 2.05) is 24.3 Å². The molecule has 0 amide bonds. The zero-order valence-corrected chi connectivity index (χ0v) is 6.49. The predicted molar refractivity (Wildman–Crippen MR) is 49.2 cm³/mol. The Kier molecular flexibility index (Phi) is 2.55. The van der Waals surface area contributed by atoms with Gasteiger partial charge in [0.15, 0.2) is 0 Å². The molecule has 0 bridgehead atoms. The highest BCUT2D eigenvalue weighted by atomic mass is 14.7. The van der Waals surface area contributed by atoms with Gasteiger partial charge in [-0.2, -0.15) is 0 Å². The van der Waals surface area contributed by atoms with Gasteiger partial charge in [0.1, 0.15) is 0 Å². The van der Waals surface area contributed by atoms with Crippen LogP contribution >= 0.6 is 0 Å². The van der Waals surface area contributed by atoms with Gasteiger partial charge in [0.05, 0.1) is 5.69 Å². The largest absolute Gasteiger partial charge is 0.296 e. The monoisotopic (exact) mass is 146 g/mol. The maximum atomic E-state index is 3.90. The number of nitrogens with zero attached hydrogens (tertiary/aromatic N) is 2. The molecule has 0 N–H and O–H groups in total. The minimum absolute atomic E-state index is 0.873. The molecule has 1 rings (SSSR count). The Bertz CT molecular complexity index is 277. The molecule has 0 aromatic heterocycles. The zero-order chi connectivity index (χ0) is 8.10. The first kappa shape index (κ1) is 7.66. The van der Waals surface area contributed by atoms with Crippen LogP contribution in [0.15, 0.2) is 34.3 Å². The number of rotatable bonds is 2. The van der Waals surface area contributed by atoms with Gasteiger partial charge in [0, 0.05) is 18.8 Å². The predicted octanol–water partition coefficient (Wildman–Crippen LogP) is 2.07. The van der Waals surface area contributed by atoms with Crippen LogP contribution < -0.4 is 0 Å². The van der Waals surface area contributed by atoms with Gasteiger partial charge in [-0.15, -0.1) is 0 Å². The molecule has 0 radical (unpaired) electrons. The highest BCUT2D eigenvalue weighted by Crippen LogP contribution is 2.14. The van der Waals surface area contributed by atoms with E-state index in [0.29, 0.717) is 0 Å². The first-order valence-electron chi connectivity index (χ1n) is 3.36. The van der Waals surface area contributed by atoms with E-state index in [1.54, 1.807) is 13.3 Å². The molecule has 0 fully saturated rings. The van der Waals surface area contributed by atoms with E-state index in [0.717, 1.165) is 11.3 Å². The van der Waals surface area contributed by atoms with Gasteiger partial charge in [-0.25, -0.2) is 0 Å². The van der Waals surface area contributed by atoms with Gasteiger partial charge in [-0.05, 0) is 12.8 Å². The Balaban J connectivity index is 3.11. The molecule has 2 nitrogen and oxygen atoms in total. The number of aliphatic imine (C=N–C) groups is 2. The van der Waals surface area contributed by atoms with Crippen molar-refractivity contribution in [2.24, 2.45) is 9.98 Å². The molecule has 1 aromatic carbocycles. The molecule has 0 heterocycles. The van der Waals surface area contributed by atoms with Crippen LogP contribution in [0.2, 0.25) is 0 Å². The van der Waals surface area contributed by atoms with Crippen molar-refractivity contribution < 1.29 is 0 Å². The molecule has 0 aliphatic heterocycles. The summed E-state index contributed by atoms with van der Waals surface area (Å²) < 4.78 is 0. The van der Waals surface area contributed by atoms with Crippen molar-refractivity contribution in [2.45, 2.75) is 0 Å². The Morgan fingerprint density at radius 2 is 2.09 bits per heavy atom. The van der Waals surface area contributed by atoms with Gasteiger partial charge in [0.25, 0.3) is 0 Å². The van der Waals surface area contributed by atoms with Crippen LogP contribution in [-0.4, -0.2) is 20.0 Å². The van der Waals surface area contributed by atoms with Crippen LogP contribution in [0.3, 0.4) is 0 Å². The van der Waals surface area contributed by atoms with Gasteiger partial charge in [0.2, 0.25) is 0 Å². The lowest BCUT2D eigenvalue weighted by Crippen LogP contribution is -1.79. The average molecular weight is 146 g/mol. The van der Waals surface area contributed by atoms with Crippen LogP contribution in [0.4, 0.5) is 5.69 Å². The topological polar surface area (TPSA) is 24.7 Å². The minimum atomic E-state index is 0.873. The quantitative estimate of drug-likeness (QED) is 0.570. The van der Waals surface area contributed by atoms with E-state index < -0.39 is 0 Å². The first-order chi connectivity index (χ1) is 5.38. The molecule has 11 heavy (non-hydrogen) atoms. The molecular formula is C9H10N2. The third-order valence-corrected chi connectivity index (χ3v) is 1.38. The van der Waals surface area contributed by atoms with E-state index in [4.69, 9.17) is 0 Å². The van der Waals surface area contributed by atoms with E-state index >= 15 is 0 Å². The van der Waals surface area contributed by atoms with Crippen molar-refractivity contribution in [2.75, 3.05) is 7.05 Å². The van der Waals surface area contributed by atoms with E-state index in [2.05, 4.69) is 16.7 Å². The lowest BCUT2D eigenvalue weighted by molar-refractivity contribution is 1.45. The molecule has 0 aliphatic rings. The summed E-state index contributed by atoms with van der Waals surface area (Å²) in [6.07, 6.45) is 1.77. The third kappa shape index (κ3) is 1.74. The van der Waals surface area contributed by atoms with Crippen molar-refractivity contribution in [3.8, 4) is 0 Å². The Labute approximate surface area is 66.3 Å². The summed E-state index contributed by atoms with van der Waals surface area (Å²) in [5, 5.41) is 0. The van der Waals surface area contributed by atoms with Crippen molar-refractivity contribution in [1.29, 1.82) is 0 Å². The van der Waals surface area contributed by atoms with Gasteiger partial charge < -0.3 is 0 Å². The van der Waals surface area contributed by atoms with Crippen LogP contribution in [0.5, 0.6) is 0 Å². The van der Waals surface area contributed by atoms with Crippen LogP contribution in [0.1, 0.15) is 5.56 Å². The number of benzene rings is 1. The zero-order valence-electron chi connectivity index (χ0n) is 6.49. The van der Waals surface area contributed by atoms with E-state index in [9.17, 15) is 0 Å². The summed E-state index contributed by atoms with van der Waals surface area (Å²) in [6.45, 7) is 3.46. The van der Waals surface area contributed by atoms with Crippen molar-refractivity contribution in [3.05, 3.63) is 29.8 Å². The molecule has 0 atom stereocenters. The van der Waals surface area contributed by atoms with Crippen LogP contribution in [0.25, 0.3) is 0 Å². The summed E-state index contributed by atoms with van der Waals surface area (Å²) in [4.78, 5) is 7.75. The highest BCUT2D eigenvalue weighted by Gasteiger charge is 1.92. The molecular weight excluding hydrogens is 136 g/mol. The summed E-state index contributed by atoms with van der Waals surface area (Å²) in [5.41, 5.74) is 1.88. The lowest BCUT2D eigenvalue weighted by atomic mass is 10.2. The molecule has 56 valence electrons. The second kappa shape index (κ2) is 3.66. The van der Waals surface area contributed by atoms with E-state index in [1.165, 1.54) is 0 Å². The summed E-state index contributed by atoms with van der Waals surface area (Å²) in [5.74, 6) is 0.